The van der Waals surface area contributed by atoms with Gasteiger partial charge in [-0.1, -0.05) is 74.0 Å². The molecule has 0 saturated heterocycles. The Balaban J connectivity index is 1.52. The zero-order chi connectivity index (χ0) is 21.3. The minimum Gasteiger partial charge on any atom is -0.492 e. The molecule has 3 aromatic carbocycles. The fourth-order valence-corrected chi connectivity index (χ4v) is 3.51. The van der Waals surface area contributed by atoms with Crippen molar-refractivity contribution in [1.29, 1.82) is 0 Å². The molecule has 0 spiro atoms. The highest BCUT2D eigenvalue weighted by molar-refractivity contribution is 5.81. The van der Waals surface area contributed by atoms with E-state index in [1.54, 1.807) is 0 Å². The van der Waals surface area contributed by atoms with Gasteiger partial charge in [0.1, 0.15) is 18.2 Å². The molecule has 0 bridgehead atoms. The molecule has 0 aliphatic heterocycles. The number of hydrogen-bond donors (Lipinski definition) is 2. The van der Waals surface area contributed by atoms with Gasteiger partial charge in [-0.25, -0.2) is 4.98 Å². The Morgan fingerprint density at radius 1 is 0.774 bits per heavy atom. The second kappa shape index (κ2) is 10.6. The molecule has 2 N–H and O–H groups in total. The number of aromatic amines is 1. The molecule has 4 nitrogen and oxygen atoms in total. The highest BCUT2D eigenvalue weighted by atomic mass is 16.5. The van der Waals surface area contributed by atoms with Crippen LogP contribution in [-0.4, -0.2) is 29.7 Å². The van der Waals surface area contributed by atoms with Crippen LogP contribution in [0.2, 0.25) is 0 Å². The number of nitrogens with one attached hydrogen (secondary N) is 2. The standard InChI is InChI=1S/C27H29N3O/c1-2-3-18-28-19-20-31-24-16-14-23(15-17-24)27-29-25(21-10-6-4-7-11-21)26(30-27)22-12-8-5-9-13-22/h4-17,28H,2-3,18-20H2,1H3,(H,29,30). The Morgan fingerprint density at radius 3 is 2.13 bits per heavy atom. The number of aromatic nitrogens is 2. The molecular weight excluding hydrogens is 382 g/mol. The molecule has 4 rings (SSSR count). The minimum atomic E-state index is 0.667. The lowest BCUT2D eigenvalue weighted by Crippen LogP contribution is -2.21. The van der Waals surface area contributed by atoms with E-state index in [9.17, 15) is 0 Å². The molecule has 31 heavy (non-hydrogen) atoms. The molecular formula is C27H29N3O. The summed E-state index contributed by atoms with van der Waals surface area (Å²) in [4.78, 5) is 8.50. The van der Waals surface area contributed by atoms with Crippen LogP contribution in [0.3, 0.4) is 0 Å². The number of unbranched alkanes of at least 4 members (excludes halogenated alkanes) is 1. The van der Waals surface area contributed by atoms with E-state index in [0.717, 1.165) is 52.7 Å². The third-order valence-corrected chi connectivity index (χ3v) is 5.20. The summed E-state index contributed by atoms with van der Waals surface area (Å²) in [6, 6.07) is 28.8. The first-order chi connectivity index (χ1) is 15.3. The number of nitrogens with zero attached hydrogens (tertiary/aromatic N) is 1. The van der Waals surface area contributed by atoms with Crippen LogP contribution >= 0.6 is 0 Å². The fourth-order valence-electron chi connectivity index (χ4n) is 3.51. The van der Waals surface area contributed by atoms with E-state index in [-0.39, 0.29) is 0 Å². The zero-order valence-corrected chi connectivity index (χ0v) is 18.0. The summed E-state index contributed by atoms with van der Waals surface area (Å²) in [5, 5.41) is 3.39. The van der Waals surface area contributed by atoms with Gasteiger partial charge in [0.2, 0.25) is 0 Å². The topological polar surface area (TPSA) is 49.9 Å². The molecule has 0 atom stereocenters. The molecule has 4 heteroatoms. The van der Waals surface area contributed by atoms with E-state index in [1.165, 1.54) is 12.8 Å². The molecule has 0 unspecified atom stereocenters. The van der Waals surface area contributed by atoms with Gasteiger partial charge in [0.05, 0.1) is 11.4 Å². The lowest BCUT2D eigenvalue weighted by atomic mass is 10.1. The fraction of sp³-hybridized carbons (Fsp3) is 0.222. The molecule has 0 fully saturated rings. The van der Waals surface area contributed by atoms with Gasteiger partial charge in [0, 0.05) is 23.2 Å². The smallest absolute Gasteiger partial charge is 0.138 e. The monoisotopic (exact) mass is 411 g/mol. The normalized spacial score (nSPS) is 10.9. The molecule has 0 saturated carbocycles. The minimum absolute atomic E-state index is 0.667. The SMILES string of the molecule is CCCCNCCOc1ccc(-c2nc(-c3ccccc3)c(-c3ccccc3)[nH]2)cc1. The quantitative estimate of drug-likeness (QED) is 0.306. The van der Waals surface area contributed by atoms with Gasteiger partial charge < -0.3 is 15.0 Å². The Hall–Kier alpha value is -3.37. The van der Waals surface area contributed by atoms with Crippen molar-refractivity contribution in [2.24, 2.45) is 0 Å². The molecule has 0 radical (unpaired) electrons. The molecule has 0 aliphatic rings. The van der Waals surface area contributed by atoms with Crippen molar-refractivity contribution in [1.82, 2.24) is 15.3 Å². The third kappa shape index (κ3) is 5.41. The van der Waals surface area contributed by atoms with E-state index in [2.05, 4.69) is 53.6 Å². The van der Waals surface area contributed by atoms with Crippen LogP contribution in [0, 0.1) is 0 Å². The number of imidazole rings is 1. The number of H-pyrrole nitrogens is 1. The van der Waals surface area contributed by atoms with Crippen molar-refractivity contribution in [3.63, 3.8) is 0 Å². The van der Waals surface area contributed by atoms with Gasteiger partial charge in [0.25, 0.3) is 0 Å². The van der Waals surface area contributed by atoms with Gasteiger partial charge in [-0.2, -0.15) is 0 Å². The third-order valence-electron chi connectivity index (χ3n) is 5.20. The predicted molar refractivity (Wildman–Crippen MR) is 128 cm³/mol. The first-order valence-corrected chi connectivity index (χ1v) is 11.0. The highest BCUT2D eigenvalue weighted by Gasteiger charge is 2.15. The van der Waals surface area contributed by atoms with Gasteiger partial charge in [0.15, 0.2) is 0 Å². The Bertz CT molecular complexity index is 1000. The van der Waals surface area contributed by atoms with Crippen molar-refractivity contribution in [3.8, 4) is 39.7 Å². The van der Waals surface area contributed by atoms with Crippen LogP contribution in [0.15, 0.2) is 84.9 Å². The van der Waals surface area contributed by atoms with Crippen molar-refractivity contribution < 1.29 is 4.74 Å². The summed E-state index contributed by atoms with van der Waals surface area (Å²) in [5.41, 5.74) is 5.24. The van der Waals surface area contributed by atoms with Crippen molar-refractivity contribution in [3.05, 3.63) is 84.9 Å². The first-order valence-electron chi connectivity index (χ1n) is 11.0. The molecule has 0 amide bonds. The summed E-state index contributed by atoms with van der Waals surface area (Å²) >= 11 is 0. The number of benzene rings is 3. The second-order valence-corrected chi connectivity index (χ2v) is 7.52. The molecule has 1 heterocycles. The maximum atomic E-state index is 5.85. The Kier molecular flexibility index (Phi) is 7.14. The molecule has 0 aliphatic carbocycles. The second-order valence-electron chi connectivity index (χ2n) is 7.52. The molecule has 1 aromatic heterocycles. The lowest BCUT2D eigenvalue weighted by molar-refractivity contribution is 0.314. The summed E-state index contributed by atoms with van der Waals surface area (Å²) in [6.45, 7) is 4.77. The van der Waals surface area contributed by atoms with Gasteiger partial charge in [-0.3, -0.25) is 0 Å². The number of hydrogen-bond acceptors (Lipinski definition) is 3. The van der Waals surface area contributed by atoms with Crippen LogP contribution in [0.1, 0.15) is 19.8 Å². The van der Waals surface area contributed by atoms with Crippen LogP contribution in [-0.2, 0) is 0 Å². The van der Waals surface area contributed by atoms with Crippen LogP contribution in [0.25, 0.3) is 33.9 Å². The van der Waals surface area contributed by atoms with Gasteiger partial charge >= 0.3 is 0 Å². The first kappa shape index (κ1) is 20.9. The summed E-state index contributed by atoms with van der Waals surface area (Å²) in [5.74, 6) is 1.73. The predicted octanol–water partition coefficient (Wildman–Crippen LogP) is 6.18. The Morgan fingerprint density at radius 2 is 1.45 bits per heavy atom. The van der Waals surface area contributed by atoms with Crippen molar-refractivity contribution in [2.75, 3.05) is 19.7 Å². The Labute approximate surface area is 184 Å². The summed E-state index contributed by atoms with van der Waals surface area (Å²) < 4.78 is 5.85. The maximum Gasteiger partial charge on any atom is 0.138 e. The van der Waals surface area contributed by atoms with E-state index < -0.39 is 0 Å². The largest absolute Gasteiger partial charge is 0.492 e. The van der Waals surface area contributed by atoms with Crippen LogP contribution in [0.4, 0.5) is 0 Å². The van der Waals surface area contributed by atoms with E-state index in [4.69, 9.17) is 9.72 Å². The average molecular weight is 412 g/mol. The highest BCUT2D eigenvalue weighted by Crippen LogP contribution is 2.33. The van der Waals surface area contributed by atoms with Crippen LogP contribution < -0.4 is 10.1 Å². The van der Waals surface area contributed by atoms with E-state index >= 15 is 0 Å². The number of ether oxygens (including phenoxy) is 1. The lowest BCUT2D eigenvalue weighted by Gasteiger charge is -2.07. The molecule has 158 valence electrons. The van der Waals surface area contributed by atoms with Gasteiger partial charge in [-0.05, 0) is 37.2 Å². The van der Waals surface area contributed by atoms with Crippen molar-refractivity contribution >= 4 is 0 Å². The molecule has 4 aromatic rings. The van der Waals surface area contributed by atoms with Crippen LogP contribution in [0.5, 0.6) is 5.75 Å². The average Bonchev–Trinajstić information content (AvgIpc) is 3.28. The van der Waals surface area contributed by atoms with E-state index in [0.29, 0.717) is 6.61 Å². The van der Waals surface area contributed by atoms with E-state index in [1.807, 2.05) is 48.5 Å². The van der Waals surface area contributed by atoms with Crippen molar-refractivity contribution in [2.45, 2.75) is 19.8 Å². The van der Waals surface area contributed by atoms with Gasteiger partial charge in [-0.15, -0.1) is 0 Å². The summed E-state index contributed by atoms with van der Waals surface area (Å²) in [6.07, 6.45) is 2.41. The maximum absolute atomic E-state index is 5.85. The summed E-state index contributed by atoms with van der Waals surface area (Å²) in [7, 11) is 0. The number of rotatable bonds is 10. The zero-order valence-electron chi connectivity index (χ0n) is 18.0.